The summed E-state index contributed by atoms with van der Waals surface area (Å²) in [5.41, 5.74) is 4.24. The first-order chi connectivity index (χ1) is 14.1. The molecule has 0 radical (unpaired) electrons. The van der Waals surface area contributed by atoms with Crippen LogP contribution in [0, 0.1) is 13.8 Å². The van der Waals surface area contributed by atoms with E-state index in [-0.39, 0.29) is 5.56 Å². The molecule has 0 saturated heterocycles. The Bertz CT molecular complexity index is 1170. The quantitative estimate of drug-likeness (QED) is 0.503. The van der Waals surface area contributed by atoms with E-state index in [9.17, 15) is 4.79 Å². The third kappa shape index (κ3) is 4.41. The van der Waals surface area contributed by atoms with Gasteiger partial charge < -0.3 is 10.3 Å². The van der Waals surface area contributed by atoms with Crippen molar-refractivity contribution in [2.75, 3.05) is 11.9 Å². The molecule has 4 aromatic rings. The molecule has 0 fully saturated rings. The fourth-order valence-electron chi connectivity index (χ4n) is 2.87. The van der Waals surface area contributed by atoms with E-state index in [1.54, 1.807) is 24.5 Å². The number of aryl methyl sites for hydroxylation is 1. The zero-order valence-electron chi connectivity index (χ0n) is 16.3. The van der Waals surface area contributed by atoms with E-state index >= 15 is 0 Å². The molecule has 0 unspecified atom stereocenters. The molecule has 0 amide bonds. The first kappa shape index (κ1) is 19.0. The zero-order valence-corrected chi connectivity index (χ0v) is 17.1. The summed E-state index contributed by atoms with van der Waals surface area (Å²) in [4.78, 5) is 28.3. The van der Waals surface area contributed by atoms with Gasteiger partial charge in [-0.05, 0) is 26.0 Å². The molecule has 3 aromatic heterocycles. The Morgan fingerprint density at radius 1 is 1.03 bits per heavy atom. The normalized spacial score (nSPS) is 10.8. The molecule has 6 nitrogen and oxygen atoms in total. The lowest BCUT2D eigenvalue weighted by atomic mass is 10.2. The monoisotopic (exact) mass is 403 g/mol. The molecule has 0 aliphatic rings. The molecule has 0 bridgehead atoms. The lowest BCUT2D eigenvalue weighted by Crippen LogP contribution is -2.14. The number of pyridine rings is 1. The first-order valence-corrected chi connectivity index (χ1v) is 10.3. The van der Waals surface area contributed by atoms with E-state index in [0.29, 0.717) is 11.4 Å². The Morgan fingerprint density at radius 2 is 1.86 bits per heavy atom. The number of anilines is 1. The highest BCUT2D eigenvalue weighted by Gasteiger charge is 2.07. The lowest BCUT2D eigenvalue weighted by Gasteiger charge is -2.07. The maximum absolute atomic E-state index is 11.9. The number of nitrogens with zero attached hydrogens (tertiary/aromatic N) is 3. The van der Waals surface area contributed by atoms with Crippen molar-refractivity contribution in [2.24, 2.45) is 0 Å². The summed E-state index contributed by atoms with van der Waals surface area (Å²) in [6, 6.07) is 14.0. The van der Waals surface area contributed by atoms with Crippen molar-refractivity contribution in [3.8, 4) is 22.0 Å². The fourth-order valence-corrected chi connectivity index (χ4v) is 3.73. The Morgan fingerprint density at radius 3 is 2.59 bits per heavy atom. The van der Waals surface area contributed by atoms with Crippen molar-refractivity contribution in [1.82, 2.24) is 19.9 Å². The molecule has 29 heavy (non-hydrogen) atoms. The maximum Gasteiger partial charge on any atom is 0.254 e. The molecule has 0 spiro atoms. The fraction of sp³-hybridized carbons (Fsp3) is 0.182. The number of thiazole rings is 1. The van der Waals surface area contributed by atoms with Gasteiger partial charge in [0, 0.05) is 46.9 Å². The highest BCUT2D eigenvalue weighted by molar-refractivity contribution is 7.13. The molecular formula is C22H21N5OS. The molecule has 0 aliphatic heterocycles. The van der Waals surface area contributed by atoms with E-state index < -0.39 is 0 Å². The predicted octanol–water partition coefficient (Wildman–Crippen LogP) is 4.23. The van der Waals surface area contributed by atoms with Gasteiger partial charge in [0.25, 0.3) is 5.56 Å². The summed E-state index contributed by atoms with van der Waals surface area (Å²) < 4.78 is 0. The first-order valence-electron chi connectivity index (χ1n) is 9.38. The summed E-state index contributed by atoms with van der Waals surface area (Å²) in [5.74, 6) is 1.31. The Balaban J connectivity index is 1.37. The number of nitrogens with one attached hydrogen (secondary N) is 2. The van der Waals surface area contributed by atoms with Gasteiger partial charge >= 0.3 is 0 Å². The number of rotatable bonds is 6. The van der Waals surface area contributed by atoms with Crippen molar-refractivity contribution in [1.29, 1.82) is 0 Å². The van der Waals surface area contributed by atoms with Gasteiger partial charge in [-0.15, -0.1) is 11.3 Å². The Labute approximate surface area is 172 Å². The van der Waals surface area contributed by atoms with Crippen molar-refractivity contribution in [3.05, 3.63) is 81.3 Å². The second-order valence-electron chi connectivity index (χ2n) is 6.74. The average molecular weight is 404 g/mol. The van der Waals surface area contributed by atoms with E-state index in [1.165, 1.54) is 0 Å². The van der Waals surface area contributed by atoms with Gasteiger partial charge in [0.05, 0.1) is 5.69 Å². The molecule has 0 saturated carbocycles. The zero-order chi connectivity index (χ0) is 20.2. The van der Waals surface area contributed by atoms with Gasteiger partial charge in [-0.2, -0.15) is 0 Å². The number of aromatic nitrogens is 4. The van der Waals surface area contributed by atoms with Gasteiger partial charge in [-0.1, -0.05) is 30.3 Å². The van der Waals surface area contributed by atoms with Crippen molar-refractivity contribution < 1.29 is 0 Å². The maximum atomic E-state index is 11.9. The minimum absolute atomic E-state index is 0.118. The van der Waals surface area contributed by atoms with Crippen molar-refractivity contribution >= 4 is 17.2 Å². The highest BCUT2D eigenvalue weighted by Crippen LogP contribution is 2.23. The van der Waals surface area contributed by atoms with Crippen LogP contribution in [-0.2, 0) is 6.42 Å². The second kappa shape index (κ2) is 8.36. The van der Waals surface area contributed by atoms with Gasteiger partial charge in [0.2, 0.25) is 0 Å². The second-order valence-corrected chi connectivity index (χ2v) is 7.60. The molecule has 4 rings (SSSR count). The lowest BCUT2D eigenvalue weighted by molar-refractivity contribution is 0.969. The van der Waals surface area contributed by atoms with Gasteiger partial charge in [-0.25, -0.2) is 15.0 Å². The van der Waals surface area contributed by atoms with Crippen LogP contribution in [0.15, 0.2) is 58.8 Å². The largest absolute Gasteiger partial charge is 0.370 e. The van der Waals surface area contributed by atoms with Crippen LogP contribution >= 0.6 is 11.3 Å². The summed E-state index contributed by atoms with van der Waals surface area (Å²) in [6.45, 7) is 4.34. The van der Waals surface area contributed by atoms with Gasteiger partial charge in [0.1, 0.15) is 16.6 Å². The van der Waals surface area contributed by atoms with Crippen LogP contribution in [-0.4, -0.2) is 26.5 Å². The smallest absolute Gasteiger partial charge is 0.254 e. The summed E-state index contributed by atoms with van der Waals surface area (Å²) in [5, 5.41) is 6.45. The molecule has 0 aliphatic carbocycles. The molecule has 3 heterocycles. The third-order valence-electron chi connectivity index (χ3n) is 4.69. The number of hydrogen-bond acceptors (Lipinski definition) is 6. The van der Waals surface area contributed by atoms with E-state index in [0.717, 1.165) is 46.3 Å². The highest BCUT2D eigenvalue weighted by atomic mass is 32.1. The number of hydrogen-bond donors (Lipinski definition) is 2. The van der Waals surface area contributed by atoms with Gasteiger partial charge in [-0.3, -0.25) is 4.79 Å². The summed E-state index contributed by atoms with van der Waals surface area (Å²) in [7, 11) is 0. The molecule has 2 N–H and O–H groups in total. The summed E-state index contributed by atoms with van der Waals surface area (Å²) in [6.07, 6.45) is 2.53. The topological polar surface area (TPSA) is 83.6 Å². The SMILES string of the molecule is Cc1nc(-c2ccc(NCCc3csc(-c4ccccc4)n3)nc2)[nH]c(=O)c1C. The van der Waals surface area contributed by atoms with Crippen LogP contribution in [0.1, 0.15) is 17.0 Å². The molecule has 146 valence electrons. The number of H-pyrrole nitrogens is 1. The van der Waals surface area contributed by atoms with Crippen LogP contribution < -0.4 is 10.9 Å². The predicted molar refractivity (Wildman–Crippen MR) is 117 cm³/mol. The average Bonchev–Trinajstić information content (AvgIpc) is 3.22. The van der Waals surface area contributed by atoms with E-state index in [4.69, 9.17) is 4.98 Å². The Hall–Kier alpha value is -3.32. The van der Waals surface area contributed by atoms with E-state index in [1.807, 2.05) is 37.3 Å². The van der Waals surface area contributed by atoms with Crippen molar-refractivity contribution in [2.45, 2.75) is 20.3 Å². The van der Waals surface area contributed by atoms with Crippen LogP contribution in [0.3, 0.4) is 0 Å². The van der Waals surface area contributed by atoms with Crippen LogP contribution in [0.25, 0.3) is 22.0 Å². The molecule has 7 heteroatoms. The third-order valence-corrected chi connectivity index (χ3v) is 5.63. The van der Waals surface area contributed by atoms with Crippen LogP contribution in [0.2, 0.25) is 0 Å². The number of benzene rings is 1. The minimum atomic E-state index is -0.118. The van der Waals surface area contributed by atoms with Crippen LogP contribution in [0.5, 0.6) is 0 Å². The molecular weight excluding hydrogens is 382 g/mol. The van der Waals surface area contributed by atoms with Crippen molar-refractivity contribution in [3.63, 3.8) is 0 Å². The Kier molecular flexibility index (Phi) is 5.48. The number of aromatic amines is 1. The summed E-state index contributed by atoms with van der Waals surface area (Å²) >= 11 is 1.66. The minimum Gasteiger partial charge on any atom is -0.370 e. The molecule has 0 atom stereocenters. The van der Waals surface area contributed by atoms with E-state index in [2.05, 4.69) is 37.8 Å². The van der Waals surface area contributed by atoms with Crippen LogP contribution in [0.4, 0.5) is 5.82 Å². The standard InChI is InChI=1S/C22H21N5OS/c1-14-15(2)25-20(27-21(14)28)17-8-9-19(24-12-17)23-11-10-18-13-29-22(26-18)16-6-4-3-5-7-16/h3-9,12-13H,10-11H2,1-2H3,(H,23,24)(H,25,27,28). The van der Waals surface area contributed by atoms with Gasteiger partial charge in [0.15, 0.2) is 0 Å². The molecule has 1 aromatic carbocycles.